The van der Waals surface area contributed by atoms with Crippen LogP contribution in [0.4, 0.5) is 4.39 Å². The highest BCUT2D eigenvalue weighted by Gasteiger charge is 2.23. The van der Waals surface area contributed by atoms with Gasteiger partial charge in [0.1, 0.15) is 6.17 Å². The summed E-state index contributed by atoms with van der Waals surface area (Å²) in [6.07, 6.45) is 1.87. The topological polar surface area (TPSA) is 0 Å². The second kappa shape index (κ2) is 4.84. The number of halogens is 1. The molecule has 0 heterocycles. The maximum absolute atomic E-state index is 13.1. The summed E-state index contributed by atoms with van der Waals surface area (Å²) in [4.78, 5) is 0. The van der Waals surface area contributed by atoms with Gasteiger partial charge in [0.25, 0.3) is 0 Å². The molecule has 0 fully saturated rings. The van der Waals surface area contributed by atoms with Gasteiger partial charge in [-0.15, -0.1) is 0 Å². The molecule has 0 amide bonds. The van der Waals surface area contributed by atoms with Crippen molar-refractivity contribution >= 4 is 0 Å². The zero-order valence-electron chi connectivity index (χ0n) is 9.15. The van der Waals surface area contributed by atoms with Crippen molar-refractivity contribution in [2.45, 2.75) is 60.1 Å². The standard InChI is InChI=1S/C11H23F/c1-6-10(12)8-11(4,5)7-9(2)3/h9-10H,6-8H2,1-5H3. The Bertz CT molecular complexity index is 116. The maximum atomic E-state index is 13.1. The van der Waals surface area contributed by atoms with Crippen LogP contribution in [0.2, 0.25) is 0 Å². The molecule has 1 unspecified atom stereocenters. The van der Waals surface area contributed by atoms with Gasteiger partial charge in [0.2, 0.25) is 0 Å². The molecule has 0 aromatic rings. The monoisotopic (exact) mass is 174 g/mol. The minimum Gasteiger partial charge on any atom is -0.247 e. The van der Waals surface area contributed by atoms with Crippen molar-refractivity contribution in [1.82, 2.24) is 0 Å². The minimum atomic E-state index is -0.612. The van der Waals surface area contributed by atoms with Crippen LogP contribution in [0.15, 0.2) is 0 Å². The first-order valence-electron chi connectivity index (χ1n) is 5.01. The third-order valence-corrected chi connectivity index (χ3v) is 2.18. The highest BCUT2D eigenvalue weighted by Crippen LogP contribution is 2.31. The molecule has 0 N–H and O–H groups in total. The van der Waals surface area contributed by atoms with Gasteiger partial charge in [-0.25, -0.2) is 4.39 Å². The molecule has 1 heteroatoms. The van der Waals surface area contributed by atoms with E-state index in [0.717, 1.165) is 6.42 Å². The van der Waals surface area contributed by atoms with Gasteiger partial charge in [-0.2, -0.15) is 0 Å². The Morgan fingerprint density at radius 1 is 1.17 bits per heavy atom. The van der Waals surface area contributed by atoms with Crippen molar-refractivity contribution in [3.8, 4) is 0 Å². The van der Waals surface area contributed by atoms with Crippen LogP contribution in [-0.2, 0) is 0 Å². The molecule has 1 atom stereocenters. The molecule has 74 valence electrons. The van der Waals surface area contributed by atoms with Crippen LogP contribution >= 0.6 is 0 Å². The smallest absolute Gasteiger partial charge is 0.100 e. The molecule has 0 saturated carbocycles. The Labute approximate surface area is 76.6 Å². The molecule has 0 spiro atoms. The van der Waals surface area contributed by atoms with E-state index in [1.165, 1.54) is 0 Å². The molecule has 0 bridgehead atoms. The summed E-state index contributed by atoms with van der Waals surface area (Å²) in [5, 5.41) is 0. The summed E-state index contributed by atoms with van der Waals surface area (Å²) in [6.45, 7) is 10.6. The van der Waals surface area contributed by atoms with Gasteiger partial charge in [-0.1, -0.05) is 34.6 Å². The van der Waals surface area contributed by atoms with Gasteiger partial charge in [0, 0.05) is 0 Å². The van der Waals surface area contributed by atoms with E-state index in [2.05, 4.69) is 27.7 Å². The van der Waals surface area contributed by atoms with Gasteiger partial charge < -0.3 is 0 Å². The van der Waals surface area contributed by atoms with E-state index < -0.39 is 6.17 Å². The molecule has 0 aromatic heterocycles. The fourth-order valence-electron chi connectivity index (χ4n) is 1.93. The molecule has 0 radical (unpaired) electrons. The van der Waals surface area contributed by atoms with Gasteiger partial charge in [-0.05, 0) is 30.6 Å². The number of hydrogen-bond acceptors (Lipinski definition) is 0. The lowest BCUT2D eigenvalue weighted by atomic mass is 9.79. The zero-order chi connectivity index (χ0) is 9.78. The molecule has 0 nitrogen and oxygen atoms in total. The first-order chi connectivity index (χ1) is 5.37. The lowest BCUT2D eigenvalue weighted by Crippen LogP contribution is -2.19. The van der Waals surface area contributed by atoms with Crippen molar-refractivity contribution in [2.75, 3.05) is 0 Å². The van der Waals surface area contributed by atoms with Crippen LogP contribution in [0.25, 0.3) is 0 Å². The Hall–Kier alpha value is -0.0700. The zero-order valence-corrected chi connectivity index (χ0v) is 9.15. The van der Waals surface area contributed by atoms with Gasteiger partial charge in [0.05, 0.1) is 0 Å². The lowest BCUT2D eigenvalue weighted by molar-refractivity contribution is 0.177. The summed E-state index contributed by atoms with van der Waals surface area (Å²) in [7, 11) is 0. The Balaban J connectivity index is 3.85. The molecule has 0 aliphatic heterocycles. The van der Waals surface area contributed by atoms with E-state index in [-0.39, 0.29) is 5.41 Å². The Morgan fingerprint density at radius 3 is 2.00 bits per heavy atom. The third kappa shape index (κ3) is 5.56. The highest BCUT2D eigenvalue weighted by atomic mass is 19.1. The fraction of sp³-hybridized carbons (Fsp3) is 1.00. The Kier molecular flexibility index (Phi) is 4.81. The van der Waals surface area contributed by atoms with E-state index in [1.54, 1.807) is 0 Å². The summed E-state index contributed by atoms with van der Waals surface area (Å²) < 4.78 is 13.1. The molecule has 0 aromatic carbocycles. The second-order valence-electron chi connectivity index (χ2n) is 4.97. The van der Waals surface area contributed by atoms with Crippen molar-refractivity contribution < 1.29 is 4.39 Å². The van der Waals surface area contributed by atoms with E-state index in [9.17, 15) is 4.39 Å². The van der Waals surface area contributed by atoms with Crippen LogP contribution < -0.4 is 0 Å². The molecule has 0 rings (SSSR count). The summed E-state index contributed by atoms with van der Waals surface area (Å²) in [5.41, 5.74) is 0.170. The predicted octanol–water partition coefficient (Wildman–Crippen LogP) is 4.20. The number of alkyl halides is 1. The van der Waals surface area contributed by atoms with Crippen LogP contribution in [0.1, 0.15) is 53.9 Å². The molecular weight excluding hydrogens is 151 g/mol. The summed E-state index contributed by atoms with van der Waals surface area (Å²) in [6, 6.07) is 0. The minimum absolute atomic E-state index is 0.170. The normalized spacial score (nSPS) is 15.2. The lowest BCUT2D eigenvalue weighted by Gasteiger charge is -2.27. The summed E-state index contributed by atoms with van der Waals surface area (Å²) in [5.74, 6) is 0.670. The van der Waals surface area contributed by atoms with Crippen molar-refractivity contribution in [3.05, 3.63) is 0 Å². The van der Waals surface area contributed by atoms with E-state index in [4.69, 9.17) is 0 Å². The van der Waals surface area contributed by atoms with Gasteiger partial charge in [-0.3, -0.25) is 0 Å². The van der Waals surface area contributed by atoms with Crippen molar-refractivity contribution in [3.63, 3.8) is 0 Å². The van der Waals surface area contributed by atoms with Crippen LogP contribution in [0.3, 0.4) is 0 Å². The van der Waals surface area contributed by atoms with Crippen LogP contribution in [0, 0.1) is 11.3 Å². The molecule has 12 heavy (non-hydrogen) atoms. The highest BCUT2D eigenvalue weighted by molar-refractivity contribution is 4.73. The largest absolute Gasteiger partial charge is 0.247 e. The van der Waals surface area contributed by atoms with Crippen LogP contribution in [-0.4, -0.2) is 6.17 Å². The average molecular weight is 174 g/mol. The third-order valence-electron chi connectivity index (χ3n) is 2.18. The Morgan fingerprint density at radius 2 is 1.67 bits per heavy atom. The average Bonchev–Trinajstić information content (AvgIpc) is 1.83. The van der Waals surface area contributed by atoms with E-state index in [1.807, 2.05) is 6.92 Å². The number of rotatable bonds is 5. The predicted molar refractivity (Wildman–Crippen MR) is 53.0 cm³/mol. The number of hydrogen-bond donors (Lipinski definition) is 0. The summed E-state index contributed by atoms with van der Waals surface area (Å²) >= 11 is 0. The van der Waals surface area contributed by atoms with E-state index >= 15 is 0 Å². The molecular formula is C11H23F. The van der Waals surface area contributed by atoms with Gasteiger partial charge >= 0.3 is 0 Å². The van der Waals surface area contributed by atoms with Crippen molar-refractivity contribution in [2.24, 2.45) is 11.3 Å². The second-order valence-corrected chi connectivity index (χ2v) is 4.97. The molecule has 0 aliphatic rings. The van der Waals surface area contributed by atoms with E-state index in [0.29, 0.717) is 18.8 Å². The van der Waals surface area contributed by atoms with Crippen LogP contribution in [0.5, 0.6) is 0 Å². The van der Waals surface area contributed by atoms with Gasteiger partial charge in [0.15, 0.2) is 0 Å². The van der Waals surface area contributed by atoms with Crippen molar-refractivity contribution in [1.29, 1.82) is 0 Å². The SMILES string of the molecule is CCC(F)CC(C)(C)CC(C)C. The quantitative estimate of drug-likeness (QED) is 0.586. The first kappa shape index (κ1) is 11.9. The molecule has 0 saturated heterocycles. The maximum Gasteiger partial charge on any atom is 0.100 e. The first-order valence-corrected chi connectivity index (χ1v) is 5.01. The fourth-order valence-corrected chi connectivity index (χ4v) is 1.93. The molecule has 0 aliphatic carbocycles.